The maximum absolute atomic E-state index is 13.5. The zero-order chi connectivity index (χ0) is 12.3. The largest absolute Gasteiger partial charge is 0.325 e. The lowest BCUT2D eigenvalue weighted by Gasteiger charge is -2.11. The van der Waals surface area contributed by atoms with Gasteiger partial charge in [-0.25, -0.2) is 4.39 Å². The molecule has 100 valence electrons. The lowest BCUT2D eigenvalue weighted by molar-refractivity contribution is -0.117. The van der Waals surface area contributed by atoms with Gasteiger partial charge in [-0.3, -0.25) is 4.79 Å². The number of carbonyl (C=O) groups is 1. The van der Waals surface area contributed by atoms with E-state index in [4.69, 9.17) is 0 Å². The molecule has 1 saturated heterocycles. The lowest BCUT2D eigenvalue weighted by Crippen LogP contribution is -2.35. The number of hydrogen-bond donors (Lipinski definition) is 2. The molecule has 1 fully saturated rings. The highest BCUT2D eigenvalue weighted by molar-refractivity contribution is 5.95. The van der Waals surface area contributed by atoms with Crippen molar-refractivity contribution in [2.24, 2.45) is 0 Å². The molecule has 1 aromatic carbocycles. The van der Waals surface area contributed by atoms with Crippen LogP contribution in [0.3, 0.4) is 0 Å². The Morgan fingerprint density at radius 1 is 1.56 bits per heavy atom. The number of amides is 1. The van der Waals surface area contributed by atoms with Crippen LogP contribution in [0.5, 0.6) is 0 Å². The zero-order valence-electron chi connectivity index (χ0n) is 10.3. The first-order chi connectivity index (χ1) is 8.20. The number of rotatable bonds is 3. The number of hydrogen-bond acceptors (Lipinski definition) is 2. The molecule has 1 unspecified atom stereocenters. The van der Waals surface area contributed by atoms with Gasteiger partial charge in [-0.15, -0.1) is 12.4 Å². The third-order valence-electron chi connectivity index (χ3n) is 3.08. The minimum atomic E-state index is -0.260. The highest BCUT2D eigenvalue weighted by atomic mass is 35.5. The number of anilines is 1. The van der Waals surface area contributed by atoms with E-state index in [-0.39, 0.29) is 30.2 Å². The van der Waals surface area contributed by atoms with Crippen LogP contribution in [-0.4, -0.2) is 18.5 Å². The second kappa shape index (κ2) is 6.71. The van der Waals surface area contributed by atoms with E-state index in [1.165, 1.54) is 6.07 Å². The highest BCUT2D eigenvalue weighted by Gasteiger charge is 2.21. The molecule has 2 N–H and O–H groups in total. The fourth-order valence-electron chi connectivity index (χ4n) is 2.05. The van der Waals surface area contributed by atoms with Gasteiger partial charge in [0.05, 0.1) is 6.04 Å². The molecular weight excluding hydrogens is 255 g/mol. The first kappa shape index (κ1) is 14.9. The van der Waals surface area contributed by atoms with Crippen LogP contribution in [0.15, 0.2) is 18.2 Å². The van der Waals surface area contributed by atoms with Crippen LogP contribution < -0.4 is 10.6 Å². The topological polar surface area (TPSA) is 41.1 Å². The van der Waals surface area contributed by atoms with Crippen molar-refractivity contribution in [3.63, 3.8) is 0 Å². The zero-order valence-corrected chi connectivity index (χ0v) is 11.1. The van der Waals surface area contributed by atoms with Crippen molar-refractivity contribution >= 4 is 24.0 Å². The van der Waals surface area contributed by atoms with Gasteiger partial charge in [-0.1, -0.05) is 13.0 Å². The summed E-state index contributed by atoms with van der Waals surface area (Å²) in [4.78, 5) is 11.8. The molecule has 0 saturated carbocycles. The Morgan fingerprint density at radius 2 is 2.33 bits per heavy atom. The molecule has 5 heteroatoms. The van der Waals surface area contributed by atoms with Gasteiger partial charge in [0.25, 0.3) is 0 Å². The van der Waals surface area contributed by atoms with Gasteiger partial charge in [-0.05, 0) is 43.5 Å². The maximum atomic E-state index is 13.5. The Balaban J connectivity index is 0.00000162. The quantitative estimate of drug-likeness (QED) is 0.888. The Kier molecular flexibility index (Phi) is 5.56. The minimum absolute atomic E-state index is 0. The molecule has 0 spiro atoms. The van der Waals surface area contributed by atoms with E-state index in [1.807, 2.05) is 6.92 Å². The van der Waals surface area contributed by atoms with Crippen molar-refractivity contribution in [2.75, 3.05) is 11.9 Å². The smallest absolute Gasteiger partial charge is 0.241 e. The fourth-order valence-corrected chi connectivity index (χ4v) is 2.05. The molecule has 2 rings (SSSR count). The normalized spacial score (nSPS) is 18.2. The van der Waals surface area contributed by atoms with E-state index >= 15 is 0 Å². The molecule has 0 aromatic heterocycles. The van der Waals surface area contributed by atoms with Crippen LogP contribution in [0.1, 0.15) is 25.3 Å². The average molecular weight is 273 g/mol. The summed E-state index contributed by atoms with van der Waals surface area (Å²) in [6.45, 7) is 2.78. The van der Waals surface area contributed by atoms with Gasteiger partial charge in [0.15, 0.2) is 0 Å². The molecular formula is C13H18ClFN2O. The molecule has 3 nitrogen and oxygen atoms in total. The molecule has 1 aliphatic rings. The standard InChI is InChI=1S/C13H17FN2O.ClH/c1-2-9-5-6-10(8-11(9)14)16-13(17)12-4-3-7-15-12;/h5-6,8,12,15H,2-4,7H2,1H3,(H,16,17);1H. The van der Waals surface area contributed by atoms with Crippen molar-refractivity contribution in [1.29, 1.82) is 0 Å². The summed E-state index contributed by atoms with van der Waals surface area (Å²) < 4.78 is 13.5. The third-order valence-corrected chi connectivity index (χ3v) is 3.08. The van der Waals surface area contributed by atoms with Crippen LogP contribution in [0.25, 0.3) is 0 Å². The van der Waals surface area contributed by atoms with E-state index in [1.54, 1.807) is 12.1 Å². The van der Waals surface area contributed by atoms with Crippen molar-refractivity contribution in [3.8, 4) is 0 Å². The number of nitrogens with one attached hydrogen (secondary N) is 2. The molecule has 0 bridgehead atoms. The van der Waals surface area contributed by atoms with E-state index in [2.05, 4.69) is 10.6 Å². The van der Waals surface area contributed by atoms with Gasteiger partial charge in [0, 0.05) is 5.69 Å². The van der Waals surface area contributed by atoms with Crippen molar-refractivity contribution < 1.29 is 9.18 Å². The van der Waals surface area contributed by atoms with Gasteiger partial charge >= 0.3 is 0 Å². The molecule has 0 aliphatic carbocycles. The first-order valence-electron chi connectivity index (χ1n) is 6.03. The predicted octanol–water partition coefficient (Wildman–Crippen LogP) is 2.50. The lowest BCUT2D eigenvalue weighted by atomic mass is 10.1. The number of aryl methyl sites for hydroxylation is 1. The number of carbonyl (C=O) groups excluding carboxylic acids is 1. The van der Waals surface area contributed by atoms with E-state index < -0.39 is 0 Å². The summed E-state index contributed by atoms with van der Waals surface area (Å²) in [5.41, 5.74) is 1.19. The average Bonchev–Trinajstić information content (AvgIpc) is 2.82. The summed E-state index contributed by atoms with van der Waals surface area (Å²) in [6, 6.07) is 4.71. The third kappa shape index (κ3) is 3.43. The van der Waals surface area contributed by atoms with Crippen LogP contribution in [-0.2, 0) is 11.2 Å². The van der Waals surface area contributed by atoms with E-state index in [0.717, 1.165) is 19.4 Å². The maximum Gasteiger partial charge on any atom is 0.241 e. The molecule has 1 amide bonds. The summed E-state index contributed by atoms with van der Waals surface area (Å²) in [7, 11) is 0. The van der Waals surface area contributed by atoms with Crippen LogP contribution in [0, 0.1) is 5.82 Å². The second-order valence-corrected chi connectivity index (χ2v) is 4.30. The molecule has 0 radical (unpaired) electrons. The number of benzene rings is 1. The second-order valence-electron chi connectivity index (χ2n) is 4.30. The number of halogens is 2. The molecule has 18 heavy (non-hydrogen) atoms. The predicted molar refractivity (Wildman–Crippen MR) is 72.7 cm³/mol. The Labute approximate surface area is 113 Å². The first-order valence-corrected chi connectivity index (χ1v) is 6.03. The van der Waals surface area contributed by atoms with E-state index in [0.29, 0.717) is 17.7 Å². The van der Waals surface area contributed by atoms with Crippen molar-refractivity contribution in [2.45, 2.75) is 32.2 Å². The van der Waals surface area contributed by atoms with Crippen LogP contribution >= 0.6 is 12.4 Å². The Hall–Kier alpha value is -1.13. The van der Waals surface area contributed by atoms with Gasteiger partial charge in [-0.2, -0.15) is 0 Å². The Bertz CT molecular complexity index is 419. The molecule has 1 heterocycles. The minimum Gasteiger partial charge on any atom is -0.325 e. The molecule has 1 atom stereocenters. The van der Waals surface area contributed by atoms with Gasteiger partial charge in [0.1, 0.15) is 5.82 Å². The summed E-state index contributed by atoms with van der Waals surface area (Å²) >= 11 is 0. The van der Waals surface area contributed by atoms with Crippen molar-refractivity contribution in [3.05, 3.63) is 29.6 Å². The summed E-state index contributed by atoms with van der Waals surface area (Å²) in [5.74, 6) is -0.337. The SMILES string of the molecule is CCc1ccc(NC(=O)C2CCCN2)cc1F.Cl. The summed E-state index contributed by atoms with van der Waals surface area (Å²) in [5, 5.41) is 5.84. The van der Waals surface area contributed by atoms with Crippen molar-refractivity contribution in [1.82, 2.24) is 5.32 Å². The van der Waals surface area contributed by atoms with Crippen LogP contribution in [0.2, 0.25) is 0 Å². The van der Waals surface area contributed by atoms with Crippen LogP contribution in [0.4, 0.5) is 10.1 Å². The van der Waals surface area contributed by atoms with Gasteiger partial charge < -0.3 is 10.6 Å². The molecule has 1 aromatic rings. The van der Waals surface area contributed by atoms with E-state index in [9.17, 15) is 9.18 Å². The summed E-state index contributed by atoms with van der Waals surface area (Å²) in [6.07, 6.45) is 2.52. The fraction of sp³-hybridized carbons (Fsp3) is 0.462. The van der Waals surface area contributed by atoms with Gasteiger partial charge in [0.2, 0.25) is 5.91 Å². The molecule has 1 aliphatic heterocycles. The monoisotopic (exact) mass is 272 g/mol. The Morgan fingerprint density at radius 3 is 2.89 bits per heavy atom. The highest BCUT2D eigenvalue weighted by Crippen LogP contribution is 2.16.